The van der Waals surface area contributed by atoms with Crippen molar-refractivity contribution in [2.75, 3.05) is 6.54 Å². The molecule has 1 N–H and O–H groups in total. The first-order valence-corrected chi connectivity index (χ1v) is 9.08. The monoisotopic (exact) mass is 491 g/mol. The molecule has 0 aliphatic heterocycles. The van der Waals surface area contributed by atoms with Crippen LogP contribution in [0, 0.1) is 7.14 Å². The third kappa shape index (κ3) is 5.00. The Labute approximate surface area is 148 Å². The van der Waals surface area contributed by atoms with Gasteiger partial charge in [0.1, 0.15) is 0 Å². The highest BCUT2D eigenvalue weighted by Gasteiger charge is 2.11. The molecule has 0 aromatic heterocycles. The number of nitrogens with one attached hydrogen (secondary N) is 1. The normalized spacial score (nSPS) is 12.3. The first kappa shape index (κ1) is 16.2. The summed E-state index contributed by atoms with van der Waals surface area (Å²) < 4.78 is 2.58. The summed E-state index contributed by atoms with van der Waals surface area (Å²) >= 11 is 4.71. The molecule has 106 valence electrons. The van der Waals surface area contributed by atoms with Crippen LogP contribution in [-0.2, 0) is 6.42 Å². The van der Waals surface area contributed by atoms with Gasteiger partial charge in [0.2, 0.25) is 0 Å². The van der Waals surface area contributed by atoms with Crippen molar-refractivity contribution in [1.29, 1.82) is 0 Å². The summed E-state index contributed by atoms with van der Waals surface area (Å²) in [5.41, 5.74) is 2.76. The van der Waals surface area contributed by atoms with E-state index in [1.54, 1.807) is 0 Å². The standard InChI is InChI=1S/C17H19I2N/c1-2-11-20-17(14-5-9-16(19)10-6-14)12-13-3-7-15(18)8-4-13/h3-10,17,20H,2,11-12H2,1H3. The third-order valence-electron chi connectivity index (χ3n) is 3.27. The van der Waals surface area contributed by atoms with Crippen LogP contribution >= 0.6 is 45.2 Å². The van der Waals surface area contributed by atoms with Gasteiger partial charge in [0.25, 0.3) is 0 Å². The molecule has 0 heterocycles. The molecule has 0 fully saturated rings. The second kappa shape index (κ2) is 8.34. The lowest BCUT2D eigenvalue weighted by Crippen LogP contribution is -2.24. The van der Waals surface area contributed by atoms with Crippen LogP contribution in [0.2, 0.25) is 0 Å². The molecule has 3 heteroatoms. The van der Waals surface area contributed by atoms with Crippen molar-refractivity contribution >= 4 is 45.2 Å². The van der Waals surface area contributed by atoms with Crippen molar-refractivity contribution in [1.82, 2.24) is 5.32 Å². The minimum Gasteiger partial charge on any atom is -0.310 e. The van der Waals surface area contributed by atoms with Gasteiger partial charge in [-0.2, -0.15) is 0 Å². The first-order valence-electron chi connectivity index (χ1n) is 6.92. The molecule has 1 unspecified atom stereocenters. The highest BCUT2D eigenvalue weighted by atomic mass is 127. The molecule has 1 atom stereocenters. The highest BCUT2D eigenvalue weighted by molar-refractivity contribution is 14.1. The molecule has 0 bridgehead atoms. The second-order valence-electron chi connectivity index (χ2n) is 4.89. The van der Waals surface area contributed by atoms with Crippen molar-refractivity contribution in [3.8, 4) is 0 Å². The molecule has 0 saturated carbocycles. The zero-order valence-corrected chi connectivity index (χ0v) is 15.9. The van der Waals surface area contributed by atoms with Crippen LogP contribution in [0.15, 0.2) is 48.5 Å². The largest absolute Gasteiger partial charge is 0.310 e. The van der Waals surface area contributed by atoms with Gasteiger partial charge in [-0.05, 0) is 100.0 Å². The minimum absolute atomic E-state index is 0.395. The zero-order valence-electron chi connectivity index (χ0n) is 11.6. The Hall–Kier alpha value is -0.140. The molecule has 0 aliphatic carbocycles. The fraction of sp³-hybridized carbons (Fsp3) is 0.294. The third-order valence-corrected chi connectivity index (χ3v) is 4.70. The van der Waals surface area contributed by atoms with Gasteiger partial charge in [0.05, 0.1) is 0 Å². The number of hydrogen-bond acceptors (Lipinski definition) is 1. The molecular weight excluding hydrogens is 472 g/mol. The SMILES string of the molecule is CCCNC(Cc1ccc(I)cc1)c1ccc(I)cc1. The van der Waals surface area contributed by atoms with Crippen LogP contribution < -0.4 is 5.32 Å². The van der Waals surface area contributed by atoms with Crippen molar-refractivity contribution in [2.45, 2.75) is 25.8 Å². The van der Waals surface area contributed by atoms with Crippen molar-refractivity contribution in [3.05, 3.63) is 66.8 Å². The van der Waals surface area contributed by atoms with Gasteiger partial charge in [-0.25, -0.2) is 0 Å². The average molecular weight is 491 g/mol. The molecule has 1 nitrogen and oxygen atoms in total. The van der Waals surface area contributed by atoms with Crippen molar-refractivity contribution in [2.24, 2.45) is 0 Å². The summed E-state index contributed by atoms with van der Waals surface area (Å²) in [6.45, 7) is 3.27. The summed E-state index contributed by atoms with van der Waals surface area (Å²) in [6, 6.07) is 18.1. The zero-order chi connectivity index (χ0) is 14.4. The quantitative estimate of drug-likeness (QED) is 0.550. The Morgan fingerprint density at radius 1 is 0.900 bits per heavy atom. The predicted octanol–water partition coefficient (Wildman–Crippen LogP) is 5.18. The Morgan fingerprint density at radius 3 is 2.00 bits per heavy atom. The Kier molecular flexibility index (Phi) is 6.77. The van der Waals surface area contributed by atoms with E-state index in [1.807, 2.05) is 0 Å². The molecule has 0 saturated heterocycles. The summed E-state index contributed by atoms with van der Waals surface area (Å²) in [7, 11) is 0. The summed E-state index contributed by atoms with van der Waals surface area (Å²) in [6.07, 6.45) is 2.20. The van der Waals surface area contributed by atoms with Gasteiger partial charge in [-0.15, -0.1) is 0 Å². The number of rotatable bonds is 6. The fourth-order valence-electron chi connectivity index (χ4n) is 2.18. The molecule has 2 aromatic rings. The maximum absolute atomic E-state index is 3.66. The van der Waals surface area contributed by atoms with Gasteiger partial charge < -0.3 is 5.32 Å². The number of benzene rings is 2. The molecule has 20 heavy (non-hydrogen) atoms. The molecule has 2 rings (SSSR count). The van der Waals surface area contributed by atoms with Crippen LogP contribution in [0.4, 0.5) is 0 Å². The van der Waals surface area contributed by atoms with Gasteiger partial charge in [0.15, 0.2) is 0 Å². The van der Waals surface area contributed by atoms with Gasteiger partial charge in [-0.3, -0.25) is 0 Å². The van der Waals surface area contributed by atoms with E-state index in [9.17, 15) is 0 Å². The maximum atomic E-state index is 3.66. The lowest BCUT2D eigenvalue weighted by atomic mass is 9.99. The number of hydrogen-bond donors (Lipinski definition) is 1. The molecular formula is C17H19I2N. The molecule has 2 aromatic carbocycles. The van der Waals surface area contributed by atoms with Gasteiger partial charge in [0, 0.05) is 13.2 Å². The minimum atomic E-state index is 0.395. The van der Waals surface area contributed by atoms with E-state index in [2.05, 4.69) is 106 Å². The van der Waals surface area contributed by atoms with E-state index in [4.69, 9.17) is 0 Å². The van der Waals surface area contributed by atoms with E-state index in [1.165, 1.54) is 18.3 Å². The smallest absolute Gasteiger partial charge is 0.0360 e. The van der Waals surface area contributed by atoms with Gasteiger partial charge >= 0.3 is 0 Å². The van der Waals surface area contributed by atoms with Crippen LogP contribution in [0.1, 0.15) is 30.5 Å². The Morgan fingerprint density at radius 2 is 1.45 bits per heavy atom. The predicted molar refractivity (Wildman–Crippen MR) is 103 cm³/mol. The fourth-order valence-corrected chi connectivity index (χ4v) is 2.90. The average Bonchev–Trinajstić information content (AvgIpc) is 2.46. The van der Waals surface area contributed by atoms with Gasteiger partial charge in [-0.1, -0.05) is 31.2 Å². The summed E-state index contributed by atoms with van der Waals surface area (Å²) in [4.78, 5) is 0. The van der Waals surface area contributed by atoms with Crippen LogP contribution in [0.5, 0.6) is 0 Å². The molecule has 0 aliphatic rings. The molecule has 0 radical (unpaired) electrons. The second-order valence-corrected chi connectivity index (χ2v) is 7.38. The molecule has 0 amide bonds. The van der Waals surface area contributed by atoms with E-state index < -0.39 is 0 Å². The van der Waals surface area contributed by atoms with Crippen molar-refractivity contribution < 1.29 is 0 Å². The van der Waals surface area contributed by atoms with E-state index >= 15 is 0 Å². The van der Waals surface area contributed by atoms with Crippen LogP contribution in [0.3, 0.4) is 0 Å². The van der Waals surface area contributed by atoms with E-state index in [0.29, 0.717) is 6.04 Å². The number of halogens is 2. The molecule has 0 spiro atoms. The Balaban J connectivity index is 2.14. The van der Waals surface area contributed by atoms with E-state index in [0.717, 1.165) is 19.4 Å². The first-order chi connectivity index (χ1) is 9.69. The lowest BCUT2D eigenvalue weighted by molar-refractivity contribution is 0.529. The highest BCUT2D eigenvalue weighted by Crippen LogP contribution is 2.20. The summed E-state index contributed by atoms with van der Waals surface area (Å²) in [5, 5.41) is 3.66. The van der Waals surface area contributed by atoms with E-state index in [-0.39, 0.29) is 0 Å². The topological polar surface area (TPSA) is 12.0 Å². The Bertz CT molecular complexity index is 520. The van der Waals surface area contributed by atoms with Crippen LogP contribution in [-0.4, -0.2) is 6.54 Å². The summed E-state index contributed by atoms with van der Waals surface area (Å²) in [5.74, 6) is 0. The van der Waals surface area contributed by atoms with Crippen molar-refractivity contribution in [3.63, 3.8) is 0 Å². The lowest BCUT2D eigenvalue weighted by Gasteiger charge is -2.19. The van der Waals surface area contributed by atoms with Crippen LogP contribution in [0.25, 0.3) is 0 Å². The maximum Gasteiger partial charge on any atom is 0.0360 e.